The number of nitrogens with zero attached hydrogens (tertiary/aromatic N) is 1. The fourth-order valence-electron chi connectivity index (χ4n) is 3.26. The second-order valence-electron chi connectivity index (χ2n) is 6.02. The summed E-state index contributed by atoms with van der Waals surface area (Å²) in [5.41, 5.74) is 2.83. The van der Waals surface area contributed by atoms with Gasteiger partial charge in [0.1, 0.15) is 0 Å². The van der Waals surface area contributed by atoms with Crippen LogP contribution >= 0.6 is 0 Å². The van der Waals surface area contributed by atoms with E-state index in [4.69, 9.17) is 9.47 Å². The van der Waals surface area contributed by atoms with E-state index in [-0.39, 0.29) is 5.41 Å². The summed E-state index contributed by atoms with van der Waals surface area (Å²) >= 11 is 0. The van der Waals surface area contributed by atoms with Gasteiger partial charge in [-0.1, -0.05) is 0 Å². The van der Waals surface area contributed by atoms with Gasteiger partial charge in [0, 0.05) is 30.2 Å². The van der Waals surface area contributed by atoms with Gasteiger partial charge in [-0.2, -0.15) is 5.10 Å². The Morgan fingerprint density at radius 3 is 2.25 bits per heavy atom. The molecule has 2 rings (SSSR count). The van der Waals surface area contributed by atoms with Crippen LogP contribution < -0.4 is 0 Å². The first-order valence-electron chi connectivity index (χ1n) is 7.86. The number of H-pyrrole nitrogens is 1. The van der Waals surface area contributed by atoms with E-state index < -0.39 is 0 Å². The van der Waals surface area contributed by atoms with Gasteiger partial charge in [0.2, 0.25) is 0 Å². The number of nitrogens with one attached hydrogen (secondary N) is 1. The Morgan fingerprint density at radius 1 is 1.20 bits per heavy atom. The van der Waals surface area contributed by atoms with Gasteiger partial charge in [-0.05, 0) is 52.0 Å². The number of rotatable bonds is 7. The molecular weight excluding hydrogens is 252 g/mol. The van der Waals surface area contributed by atoms with Crippen molar-refractivity contribution in [3.05, 3.63) is 17.5 Å². The lowest BCUT2D eigenvalue weighted by atomic mass is 9.70. The Balaban J connectivity index is 1.96. The first-order chi connectivity index (χ1) is 9.71. The zero-order chi connectivity index (χ0) is 14.4. The quantitative estimate of drug-likeness (QED) is 0.832. The zero-order valence-corrected chi connectivity index (χ0v) is 13.1. The summed E-state index contributed by atoms with van der Waals surface area (Å²) < 4.78 is 11.4. The van der Waals surface area contributed by atoms with E-state index in [1.165, 1.54) is 36.9 Å². The van der Waals surface area contributed by atoms with Crippen molar-refractivity contribution in [2.24, 2.45) is 5.41 Å². The molecule has 0 amide bonds. The predicted molar refractivity (Wildman–Crippen MR) is 80.0 cm³/mol. The minimum atomic E-state index is 0.219. The maximum atomic E-state index is 5.72. The molecule has 0 bridgehead atoms. The SMILES string of the molecule is CCOCC1(COCC)CCC(c2[nH]ncc2C)CC1. The number of aromatic amines is 1. The van der Waals surface area contributed by atoms with Crippen LogP contribution in [0.2, 0.25) is 0 Å². The minimum absolute atomic E-state index is 0.219. The second kappa shape index (κ2) is 7.23. The molecule has 0 spiro atoms. The van der Waals surface area contributed by atoms with E-state index in [1.807, 2.05) is 6.20 Å². The number of hydrogen-bond acceptors (Lipinski definition) is 3. The zero-order valence-electron chi connectivity index (χ0n) is 13.1. The van der Waals surface area contributed by atoms with Crippen LogP contribution in [0.5, 0.6) is 0 Å². The lowest BCUT2D eigenvalue weighted by Gasteiger charge is -2.39. The molecule has 1 aliphatic rings. The van der Waals surface area contributed by atoms with Gasteiger partial charge in [0.25, 0.3) is 0 Å². The average molecular weight is 280 g/mol. The van der Waals surface area contributed by atoms with Crippen molar-refractivity contribution >= 4 is 0 Å². The molecule has 0 aliphatic heterocycles. The molecule has 0 unspecified atom stereocenters. The third-order valence-electron chi connectivity index (χ3n) is 4.55. The fraction of sp³-hybridized carbons (Fsp3) is 0.812. The Labute approximate surface area is 122 Å². The smallest absolute Gasteiger partial charge is 0.0544 e. The molecule has 1 fully saturated rings. The fourth-order valence-corrected chi connectivity index (χ4v) is 3.26. The highest BCUT2D eigenvalue weighted by molar-refractivity contribution is 5.19. The van der Waals surface area contributed by atoms with Crippen LogP contribution in [0.1, 0.15) is 56.7 Å². The molecule has 0 aromatic carbocycles. The van der Waals surface area contributed by atoms with Crippen LogP contribution in [0.15, 0.2) is 6.20 Å². The standard InChI is InChI=1S/C16H28N2O2/c1-4-19-11-16(12-20-5-2)8-6-14(7-9-16)15-13(3)10-17-18-15/h10,14H,4-9,11-12H2,1-3H3,(H,17,18). The monoisotopic (exact) mass is 280 g/mol. The van der Waals surface area contributed by atoms with Crippen molar-refractivity contribution in [2.45, 2.75) is 52.4 Å². The van der Waals surface area contributed by atoms with E-state index in [0.717, 1.165) is 26.4 Å². The van der Waals surface area contributed by atoms with Gasteiger partial charge in [-0.25, -0.2) is 0 Å². The summed E-state index contributed by atoms with van der Waals surface area (Å²) in [6, 6.07) is 0. The molecule has 1 N–H and O–H groups in total. The third-order valence-corrected chi connectivity index (χ3v) is 4.55. The summed E-state index contributed by atoms with van der Waals surface area (Å²) in [6.07, 6.45) is 6.68. The summed E-state index contributed by atoms with van der Waals surface area (Å²) in [5.74, 6) is 0.619. The van der Waals surface area contributed by atoms with Crippen molar-refractivity contribution < 1.29 is 9.47 Å². The highest BCUT2D eigenvalue weighted by atomic mass is 16.5. The van der Waals surface area contributed by atoms with Crippen molar-refractivity contribution in [1.82, 2.24) is 10.2 Å². The van der Waals surface area contributed by atoms with Crippen molar-refractivity contribution in [3.8, 4) is 0 Å². The predicted octanol–water partition coefficient (Wildman–Crippen LogP) is 3.44. The highest BCUT2D eigenvalue weighted by Crippen LogP contribution is 2.43. The van der Waals surface area contributed by atoms with Crippen LogP contribution in [0.25, 0.3) is 0 Å². The Hall–Kier alpha value is -0.870. The molecule has 4 heteroatoms. The van der Waals surface area contributed by atoms with E-state index in [0.29, 0.717) is 5.92 Å². The molecule has 1 heterocycles. The number of hydrogen-bond donors (Lipinski definition) is 1. The van der Waals surface area contributed by atoms with Crippen molar-refractivity contribution in [2.75, 3.05) is 26.4 Å². The lowest BCUT2D eigenvalue weighted by Crippen LogP contribution is -2.36. The normalized spacial score (nSPS) is 19.4. The van der Waals surface area contributed by atoms with Crippen molar-refractivity contribution in [1.29, 1.82) is 0 Å². The van der Waals surface area contributed by atoms with Gasteiger partial charge in [-0.15, -0.1) is 0 Å². The van der Waals surface area contributed by atoms with Gasteiger partial charge in [0.05, 0.1) is 19.4 Å². The van der Waals surface area contributed by atoms with Crippen molar-refractivity contribution in [3.63, 3.8) is 0 Å². The minimum Gasteiger partial charge on any atom is -0.381 e. The summed E-state index contributed by atoms with van der Waals surface area (Å²) in [5, 5.41) is 7.33. The van der Waals surface area contributed by atoms with E-state index in [1.54, 1.807) is 0 Å². The number of aromatic nitrogens is 2. The molecule has 1 aromatic heterocycles. The maximum absolute atomic E-state index is 5.72. The van der Waals surface area contributed by atoms with Gasteiger partial charge >= 0.3 is 0 Å². The summed E-state index contributed by atoms with van der Waals surface area (Å²) in [6.45, 7) is 9.51. The highest BCUT2D eigenvalue weighted by Gasteiger charge is 2.37. The Morgan fingerprint density at radius 2 is 1.80 bits per heavy atom. The lowest BCUT2D eigenvalue weighted by molar-refractivity contribution is -0.0397. The first-order valence-corrected chi connectivity index (χ1v) is 7.86. The maximum Gasteiger partial charge on any atom is 0.0544 e. The molecule has 1 saturated carbocycles. The molecule has 0 radical (unpaired) electrons. The Bertz CT molecular complexity index is 385. The molecule has 0 saturated heterocycles. The second-order valence-corrected chi connectivity index (χ2v) is 6.02. The largest absolute Gasteiger partial charge is 0.381 e. The molecule has 1 aliphatic carbocycles. The average Bonchev–Trinajstić information content (AvgIpc) is 2.90. The van der Waals surface area contributed by atoms with Gasteiger partial charge < -0.3 is 9.47 Å². The third kappa shape index (κ3) is 3.61. The van der Waals surface area contributed by atoms with E-state index in [9.17, 15) is 0 Å². The van der Waals surface area contributed by atoms with E-state index in [2.05, 4.69) is 31.0 Å². The summed E-state index contributed by atoms with van der Waals surface area (Å²) in [4.78, 5) is 0. The number of ether oxygens (including phenoxy) is 2. The Kier molecular flexibility index (Phi) is 5.61. The summed E-state index contributed by atoms with van der Waals surface area (Å²) in [7, 11) is 0. The van der Waals surface area contributed by atoms with Gasteiger partial charge in [0.15, 0.2) is 0 Å². The molecule has 0 atom stereocenters. The molecule has 114 valence electrons. The molecule has 20 heavy (non-hydrogen) atoms. The van der Waals surface area contributed by atoms with Crippen LogP contribution in [-0.2, 0) is 9.47 Å². The van der Waals surface area contributed by atoms with Gasteiger partial charge in [-0.3, -0.25) is 5.10 Å². The van der Waals surface area contributed by atoms with Crippen LogP contribution in [0.4, 0.5) is 0 Å². The van der Waals surface area contributed by atoms with E-state index >= 15 is 0 Å². The van der Waals surface area contributed by atoms with Crippen LogP contribution in [-0.4, -0.2) is 36.6 Å². The first kappa shape index (κ1) is 15.5. The molecule has 1 aromatic rings. The molecular formula is C16H28N2O2. The van der Waals surface area contributed by atoms with Crippen LogP contribution in [0, 0.1) is 12.3 Å². The molecule has 4 nitrogen and oxygen atoms in total. The topological polar surface area (TPSA) is 47.1 Å². The number of aryl methyl sites for hydroxylation is 1. The van der Waals surface area contributed by atoms with Crippen LogP contribution in [0.3, 0.4) is 0 Å².